The molecule has 27 heavy (non-hydrogen) atoms. The van der Waals surface area contributed by atoms with Gasteiger partial charge in [0.1, 0.15) is 10.8 Å². The van der Waals surface area contributed by atoms with Crippen LogP contribution in [0.5, 0.6) is 5.75 Å². The van der Waals surface area contributed by atoms with Gasteiger partial charge in [-0.3, -0.25) is 14.4 Å². The van der Waals surface area contributed by atoms with Crippen molar-refractivity contribution in [3.05, 3.63) is 45.8 Å². The van der Waals surface area contributed by atoms with E-state index in [2.05, 4.69) is 5.32 Å². The highest BCUT2D eigenvalue weighted by Crippen LogP contribution is 2.37. The minimum absolute atomic E-state index is 0.0555. The molecule has 7 heteroatoms. The molecule has 0 saturated carbocycles. The van der Waals surface area contributed by atoms with E-state index in [9.17, 15) is 14.4 Å². The number of primary amides is 1. The molecule has 0 atom stereocenters. The number of amides is 2. The number of fused-ring (bicyclic) bond motifs is 1. The third-order valence-electron chi connectivity index (χ3n) is 4.54. The summed E-state index contributed by atoms with van der Waals surface area (Å²) in [5, 5.41) is 3.26. The summed E-state index contributed by atoms with van der Waals surface area (Å²) < 4.78 is 5.48. The van der Waals surface area contributed by atoms with E-state index < -0.39 is 5.91 Å². The SMILES string of the molecule is CCC(=O)c1ccc(OCC(=O)Nc2sc3c(c2C(N)=O)CCCC3)cc1. The van der Waals surface area contributed by atoms with Crippen LogP contribution >= 0.6 is 11.3 Å². The van der Waals surface area contributed by atoms with Gasteiger partial charge in [0.2, 0.25) is 0 Å². The predicted octanol–water partition coefficient (Wildman–Crippen LogP) is 3.34. The first kappa shape index (κ1) is 19.1. The maximum absolute atomic E-state index is 12.3. The topological polar surface area (TPSA) is 98.5 Å². The lowest BCUT2D eigenvalue weighted by atomic mass is 9.95. The molecule has 2 amide bonds. The molecule has 0 radical (unpaired) electrons. The van der Waals surface area contributed by atoms with Crippen LogP contribution in [0.4, 0.5) is 5.00 Å². The van der Waals surface area contributed by atoms with Crippen molar-refractivity contribution in [3.8, 4) is 5.75 Å². The molecule has 0 bridgehead atoms. The Bertz CT molecular complexity index is 871. The Morgan fingerprint density at radius 3 is 2.52 bits per heavy atom. The average Bonchev–Trinajstić information content (AvgIpc) is 3.04. The van der Waals surface area contributed by atoms with Crippen molar-refractivity contribution in [3.63, 3.8) is 0 Å². The number of benzene rings is 1. The maximum Gasteiger partial charge on any atom is 0.262 e. The number of aryl methyl sites for hydroxylation is 1. The summed E-state index contributed by atoms with van der Waals surface area (Å²) in [7, 11) is 0. The highest BCUT2D eigenvalue weighted by atomic mass is 32.1. The van der Waals surface area contributed by atoms with Gasteiger partial charge in [0.15, 0.2) is 12.4 Å². The van der Waals surface area contributed by atoms with Gasteiger partial charge in [0.25, 0.3) is 11.8 Å². The van der Waals surface area contributed by atoms with Gasteiger partial charge < -0.3 is 15.8 Å². The van der Waals surface area contributed by atoms with Crippen molar-refractivity contribution in [2.24, 2.45) is 5.73 Å². The smallest absolute Gasteiger partial charge is 0.262 e. The second kappa shape index (κ2) is 8.35. The van der Waals surface area contributed by atoms with Crippen LogP contribution in [-0.2, 0) is 17.6 Å². The van der Waals surface area contributed by atoms with Crippen molar-refractivity contribution in [1.82, 2.24) is 0 Å². The highest BCUT2D eigenvalue weighted by molar-refractivity contribution is 7.17. The largest absolute Gasteiger partial charge is 0.484 e. The van der Waals surface area contributed by atoms with E-state index in [0.29, 0.717) is 28.3 Å². The molecule has 1 heterocycles. The van der Waals surface area contributed by atoms with Crippen molar-refractivity contribution in [2.75, 3.05) is 11.9 Å². The van der Waals surface area contributed by atoms with Gasteiger partial charge in [-0.1, -0.05) is 6.92 Å². The lowest BCUT2D eigenvalue weighted by molar-refractivity contribution is -0.118. The number of nitrogens with one attached hydrogen (secondary N) is 1. The first-order valence-corrected chi connectivity index (χ1v) is 9.81. The number of anilines is 1. The Morgan fingerprint density at radius 1 is 1.15 bits per heavy atom. The van der Waals surface area contributed by atoms with Crippen LogP contribution in [0, 0.1) is 0 Å². The third kappa shape index (κ3) is 4.36. The van der Waals surface area contributed by atoms with Gasteiger partial charge in [-0.15, -0.1) is 11.3 Å². The van der Waals surface area contributed by atoms with Gasteiger partial charge >= 0.3 is 0 Å². The van der Waals surface area contributed by atoms with Gasteiger partial charge in [0.05, 0.1) is 5.56 Å². The lowest BCUT2D eigenvalue weighted by Gasteiger charge is -2.11. The molecule has 3 N–H and O–H groups in total. The summed E-state index contributed by atoms with van der Waals surface area (Å²) in [6.45, 7) is 1.61. The fourth-order valence-corrected chi connectivity index (χ4v) is 4.48. The Kier molecular flexibility index (Phi) is 5.91. The van der Waals surface area contributed by atoms with Crippen LogP contribution in [-0.4, -0.2) is 24.2 Å². The fraction of sp³-hybridized carbons (Fsp3) is 0.350. The first-order chi connectivity index (χ1) is 13.0. The summed E-state index contributed by atoms with van der Waals surface area (Å²) in [6.07, 6.45) is 4.28. The number of hydrogen-bond donors (Lipinski definition) is 2. The molecule has 0 saturated heterocycles. The number of carbonyl (C=O) groups excluding carboxylic acids is 3. The Hall–Kier alpha value is -2.67. The molecular formula is C20H22N2O4S. The molecule has 142 valence electrons. The van der Waals surface area contributed by atoms with E-state index >= 15 is 0 Å². The third-order valence-corrected chi connectivity index (χ3v) is 5.75. The van der Waals surface area contributed by atoms with Crippen LogP contribution in [0.2, 0.25) is 0 Å². The highest BCUT2D eigenvalue weighted by Gasteiger charge is 2.25. The summed E-state index contributed by atoms with van der Waals surface area (Å²) in [5.41, 5.74) is 7.56. The zero-order valence-electron chi connectivity index (χ0n) is 15.2. The molecule has 0 spiro atoms. The van der Waals surface area contributed by atoms with Gasteiger partial charge in [0, 0.05) is 16.9 Å². The summed E-state index contributed by atoms with van der Waals surface area (Å²) in [6, 6.07) is 6.68. The Morgan fingerprint density at radius 2 is 1.85 bits per heavy atom. The van der Waals surface area contributed by atoms with E-state index in [1.807, 2.05) is 0 Å². The number of hydrogen-bond acceptors (Lipinski definition) is 5. The summed E-state index contributed by atoms with van der Waals surface area (Å²) in [5.74, 6) is -0.315. The lowest BCUT2D eigenvalue weighted by Crippen LogP contribution is -2.22. The number of thiophene rings is 1. The molecular weight excluding hydrogens is 364 g/mol. The zero-order chi connectivity index (χ0) is 19.4. The van der Waals surface area contributed by atoms with E-state index in [1.165, 1.54) is 11.3 Å². The number of carbonyl (C=O) groups is 3. The van der Waals surface area contributed by atoms with Crippen LogP contribution in [0.3, 0.4) is 0 Å². The summed E-state index contributed by atoms with van der Waals surface area (Å²) in [4.78, 5) is 36.9. The Labute approximate surface area is 161 Å². The average molecular weight is 386 g/mol. The first-order valence-electron chi connectivity index (χ1n) is 8.99. The number of Topliss-reactive ketones (excluding diaryl/α,β-unsaturated/α-hetero) is 1. The minimum atomic E-state index is -0.512. The van der Waals surface area contributed by atoms with Crippen molar-refractivity contribution in [2.45, 2.75) is 39.0 Å². The molecule has 6 nitrogen and oxygen atoms in total. The van der Waals surface area contributed by atoms with Crippen molar-refractivity contribution in [1.29, 1.82) is 0 Å². The zero-order valence-corrected chi connectivity index (χ0v) is 16.0. The predicted molar refractivity (Wildman–Crippen MR) is 105 cm³/mol. The number of ether oxygens (including phenoxy) is 1. The molecule has 1 aromatic heterocycles. The molecule has 1 aromatic carbocycles. The second-order valence-electron chi connectivity index (χ2n) is 6.42. The van der Waals surface area contributed by atoms with E-state index in [0.717, 1.165) is 36.1 Å². The Balaban J connectivity index is 1.64. The van der Waals surface area contributed by atoms with Gasteiger partial charge in [-0.05, 0) is 55.5 Å². The molecule has 1 aliphatic carbocycles. The molecule has 0 unspecified atom stereocenters. The van der Waals surface area contributed by atoms with Crippen molar-refractivity contribution < 1.29 is 19.1 Å². The second-order valence-corrected chi connectivity index (χ2v) is 7.52. The quantitative estimate of drug-likeness (QED) is 0.713. The number of nitrogens with two attached hydrogens (primary N) is 1. The summed E-state index contributed by atoms with van der Waals surface area (Å²) >= 11 is 1.42. The van der Waals surface area contributed by atoms with Crippen LogP contribution in [0.1, 0.15) is 57.3 Å². The number of ketones is 1. The molecule has 0 aliphatic heterocycles. The van der Waals surface area contributed by atoms with Crippen molar-refractivity contribution >= 4 is 33.9 Å². The molecule has 3 rings (SSSR count). The molecule has 1 aliphatic rings. The van der Waals surface area contributed by atoms with Crippen LogP contribution in [0.15, 0.2) is 24.3 Å². The van der Waals surface area contributed by atoms with Gasteiger partial charge in [-0.25, -0.2) is 0 Å². The maximum atomic E-state index is 12.3. The minimum Gasteiger partial charge on any atom is -0.484 e. The van der Waals surface area contributed by atoms with Crippen LogP contribution < -0.4 is 15.8 Å². The number of rotatable bonds is 7. The normalized spacial score (nSPS) is 12.9. The fourth-order valence-electron chi connectivity index (χ4n) is 3.17. The standard InChI is InChI=1S/C20H22N2O4S/c1-2-15(23)12-7-9-13(10-8-12)26-11-17(24)22-20-18(19(21)25)14-5-3-4-6-16(14)27-20/h7-10H,2-6,11H2,1H3,(H2,21,25)(H,22,24). The van der Waals surface area contributed by atoms with Gasteiger partial charge in [-0.2, -0.15) is 0 Å². The van der Waals surface area contributed by atoms with E-state index in [4.69, 9.17) is 10.5 Å². The molecule has 2 aromatic rings. The van der Waals surface area contributed by atoms with E-state index in [1.54, 1.807) is 31.2 Å². The van der Waals surface area contributed by atoms with E-state index in [-0.39, 0.29) is 18.3 Å². The monoisotopic (exact) mass is 386 g/mol. The van der Waals surface area contributed by atoms with Crippen LogP contribution in [0.25, 0.3) is 0 Å². The molecule has 0 fully saturated rings.